The fraction of sp³-hybridized carbons (Fsp3) is 0.815. The average molecular weight is 1090 g/mol. The Morgan fingerprint density at radius 1 is 0.442 bits per heavy atom. The lowest BCUT2D eigenvalue weighted by Gasteiger charge is -2.40. The number of hydrogen-bond donors (Lipinski definition) is 3. The molecule has 0 amide bonds. The summed E-state index contributed by atoms with van der Waals surface area (Å²) in [7, 11) is 0. The standard InChI is InChI=1S/C65H114O12/c1-4-7-10-13-16-19-22-25-27-28-29-30-32-35-38-41-44-47-50-53-59(68)76-63-61(70)60(69)62(64(71)72)77-65(63)74-55-56(75-58(67)52-49-46-43-40-37-33-24-21-18-15-12-9-6-3)54-73-57(66)51-48-45-42-39-36-34-31-26-23-20-17-14-11-8-5-2/h9,12,18,21,26,31,33,37,56,60-63,65,69-70H,4-8,10-11,13-17,19-20,22-25,27-30,32,34-36,38-55H2,1-3H3,(H,71,72)/b12-9-,21-18-,31-26-,37-33-. The van der Waals surface area contributed by atoms with E-state index in [1.54, 1.807) is 0 Å². The minimum atomic E-state index is -1.91. The van der Waals surface area contributed by atoms with Crippen LogP contribution in [-0.2, 0) is 42.9 Å². The summed E-state index contributed by atoms with van der Waals surface area (Å²) in [4.78, 5) is 51.2. The van der Waals surface area contributed by atoms with Crippen molar-refractivity contribution in [2.45, 2.75) is 327 Å². The van der Waals surface area contributed by atoms with Crippen LogP contribution in [-0.4, -0.2) is 89.2 Å². The van der Waals surface area contributed by atoms with Crippen LogP contribution >= 0.6 is 0 Å². The van der Waals surface area contributed by atoms with Gasteiger partial charge in [-0.25, -0.2) is 4.79 Å². The molecule has 0 spiro atoms. The molecule has 12 heteroatoms. The molecule has 0 aliphatic carbocycles. The summed E-state index contributed by atoms with van der Waals surface area (Å²) >= 11 is 0. The summed E-state index contributed by atoms with van der Waals surface area (Å²) in [5.74, 6) is -3.15. The highest BCUT2D eigenvalue weighted by atomic mass is 16.7. The van der Waals surface area contributed by atoms with E-state index in [9.17, 15) is 34.5 Å². The smallest absolute Gasteiger partial charge is 0.335 e. The van der Waals surface area contributed by atoms with E-state index in [2.05, 4.69) is 69.4 Å². The Morgan fingerprint density at radius 3 is 1.27 bits per heavy atom. The maximum Gasteiger partial charge on any atom is 0.335 e. The zero-order valence-corrected chi connectivity index (χ0v) is 49.2. The van der Waals surface area contributed by atoms with Gasteiger partial charge >= 0.3 is 23.9 Å². The highest BCUT2D eigenvalue weighted by Gasteiger charge is 2.50. The van der Waals surface area contributed by atoms with E-state index < -0.39 is 67.3 Å². The van der Waals surface area contributed by atoms with Gasteiger partial charge in [-0.2, -0.15) is 0 Å². The van der Waals surface area contributed by atoms with Gasteiger partial charge < -0.3 is 39.0 Å². The van der Waals surface area contributed by atoms with Crippen LogP contribution in [0.25, 0.3) is 0 Å². The molecule has 3 N–H and O–H groups in total. The number of carboxylic acid groups (broad SMARTS) is 1. The molecule has 1 fully saturated rings. The minimum Gasteiger partial charge on any atom is -0.479 e. The highest BCUT2D eigenvalue weighted by Crippen LogP contribution is 2.27. The number of esters is 3. The number of ether oxygens (including phenoxy) is 5. The molecule has 1 aliphatic heterocycles. The monoisotopic (exact) mass is 1090 g/mol. The molecule has 0 bridgehead atoms. The number of aliphatic carboxylic acids is 1. The van der Waals surface area contributed by atoms with E-state index in [4.69, 9.17) is 23.7 Å². The second-order valence-corrected chi connectivity index (χ2v) is 21.7. The van der Waals surface area contributed by atoms with Crippen molar-refractivity contribution in [3.63, 3.8) is 0 Å². The van der Waals surface area contributed by atoms with Gasteiger partial charge in [0.05, 0.1) is 6.61 Å². The zero-order chi connectivity index (χ0) is 56.1. The average Bonchev–Trinajstić information content (AvgIpc) is 3.42. The van der Waals surface area contributed by atoms with Crippen LogP contribution in [0.4, 0.5) is 0 Å². The van der Waals surface area contributed by atoms with Gasteiger partial charge in [0.25, 0.3) is 0 Å². The van der Waals surface area contributed by atoms with E-state index in [1.807, 2.05) is 0 Å². The van der Waals surface area contributed by atoms with E-state index in [1.165, 1.54) is 128 Å². The van der Waals surface area contributed by atoms with Gasteiger partial charge in [-0.15, -0.1) is 0 Å². The van der Waals surface area contributed by atoms with Crippen LogP contribution in [0.15, 0.2) is 48.6 Å². The third-order valence-electron chi connectivity index (χ3n) is 14.4. The first kappa shape index (κ1) is 71.7. The molecule has 77 heavy (non-hydrogen) atoms. The van der Waals surface area contributed by atoms with Crippen LogP contribution in [0.3, 0.4) is 0 Å². The van der Waals surface area contributed by atoms with Crippen LogP contribution < -0.4 is 0 Å². The lowest BCUT2D eigenvalue weighted by atomic mass is 9.98. The van der Waals surface area contributed by atoms with Gasteiger partial charge in [0, 0.05) is 19.3 Å². The van der Waals surface area contributed by atoms with E-state index in [0.29, 0.717) is 19.3 Å². The first-order chi connectivity index (χ1) is 37.6. The lowest BCUT2D eigenvalue weighted by molar-refractivity contribution is -0.301. The predicted octanol–water partition coefficient (Wildman–Crippen LogP) is 16.6. The van der Waals surface area contributed by atoms with Gasteiger partial charge in [-0.1, -0.05) is 243 Å². The third-order valence-corrected chi connectivity index (χ3v) is 14.4. The Kier molecular flexibility index (Phi) is 49.7. The summed E-state index contributed by atoms with van der Waals surface area (Å²) in [6.07, 6.45) is 52.3. The van der Waals surface area contributed by atoms with Crippen LogP contribution in [0.5, 0.6) is 0 Å². The fourth-order valence-electron chi connectivity index (χ4n) is 9.56. The summed E-state index contributed by atoms with van der Waals surface area (Å²) in [6, 6.07) is 0. The molecule has 1 saturated heterocycles. The summed E-state index contributed by atoms with van der Waals surface area (Å²) in [5.41, 5.74) is 0. The molecule has 0 aromatic carbocycles. The first-order valence-electron chi connectivity index (χ1n) is 31.6. The summed E-state index contributed by atoms with van der Waals surface area (Å²) in [5, 5.41) is 31.5. The largest absolute Gasteiger partial charge is 0.479 e. The molecule has 1 rings (SSSR count). The number of allylic oxidation sites excluding steroid dienone is 8. The predicted molar refractivity (Wildman–Crippen MR) is 312 cm³/mol. The maximum absolute atomic E-state index is 13.1. The first-order valence-corrected chi connectivity index (χ1v) is 31.6. The number of carboxylic acids is 1. The van der Waals surface area contributed by atoms with Crippen molar-refractivity contribution >= 4 is 23.9 Å². The molecule has 1 heterocycles. The number of carbonyl (C=O) groups is 4. The normalized spacial score (nSPS) is 18.3. The zero-order valence-electron chi connectivity index (χ0n) is 49.2. The van der Waals surface area contributed by atoms with Crippen molar-refractivity contribution in [2.24, 2.45) is 0 Å². The van der Waals surface area contributed by atoms with Crippen molar-refractivity contribution in [3.8, 4) is 0 Å². The topological polar surface area (TPSA) is 175 Å². The van der Waals surface area contributed by atoms with E-state index >= 15 is 0 Å². The van der Waals surface area contributed by atoms with Crippen molar-refractivity contribution in [2.75, 3.05) is 13.2 Å². The SMILES string of the molecule is CC/C=C\C/C=C\C/C=C\CCCCCC(=O)OC(COC(=O)CCCCCCC/C=C\CCCCCCCC)COC1OC(C(=O)O)C(O)C(O)C1OC(=O)CCCCCCCCCCCCCCCCCCCCC. The van der Waals surface area contributed by atoms with Crippen LogP contribution in [0.1, 0.15) is 290 Å². The molecular weight excluding hydrogens is 973 g/mol. The number of hydrogen-bond acceptors (Lipinski definition) is 11. The number of rotatable bonds is 54. The molecule has 0 radical (unpaired) electrons. The molecule has 1 aliphatic rings. The molecule has 12 nitrogen and oxygen atoms in total. The quantitative estimate of drug-likeness (QED) is 0.0228. The highest BCUT2D eigenvalue weighted by molar-refractivity contribution is 5.74. The molecular formula is C65H114O12. The maximum atomic E-state index is 13.1. The van der Waals surface area contributed by atoms with Gasteiger partial charge in [0.2, 0.25) is 0 Å². The number of carbonyl (C=O) groups excluding carboxylic acids is 3. The third kappa shape index (κ3) is 43.2. The molecule has 6 atom stereocenters. The molecule has 6 unspecified atom stereocenters. The molecule has 0 saturated carbocycles. The Hall–Kier alpha value is -3.32. The van der Waals surface area contributed by atoms with Crippen molar-refractivity contribution < 1.29 is 58.2 Å². The second-order valence-electron chi connectivity index (χ2n) is 21.7. The summed E-state index contributed by atoms with van der Waals surface area (Å²) < 4.78 is 28.5. The van der Waals surface area contributed by atoms with Gasteiger partial charge in [-0.3, -0.25) is 14.4 Å². The van der Waals surface area contributed by atoms with Gasteiger partial charge in [0.1, 0.15) is 18.8 Å². The fourth-order valence-corrected chi connectivity index (χ4v) is 9.56. The van der Waals surface area contributed by atoms with Crippen molar-refractivity contribution in [1.82, 2.24) is 0 Å². The van der Waals surface area contributed by atoms with E-state index in [-0.39, 0.29) is 25.9 Å². The number of aliphatic hydroxyl groups excluding tert-OH is 2. The van der Waals surface area contributed by atoms with Gasteiger partial charge in [0.15, 0.2) is 24.6 Å². The molecule has 446 valence electrons. The molecule has 0 aromatic rings. The number of unbranched alkanes of at least 4 members (excludes halogenated alkanes) is 32. The minimum absolute atomic E-state index is 0.0605. The Labute approximate surface area is 469 Å². The lowest BCUT2D eigenvalue weighted by Crippen LogP contribution is -2.61. The van der Waals surface area contributed by atoms with Crippen molar-refractivity contribution in [1.29, 1.82) is 0 Å². The number of aliphatic hydroxyl groups is 2. The Balaban J connectivity index is 2.65. The van der Waals surface area contributed by atoms with E-state index in [0.717, 1.165) is 103 Å². The second kappa shape index (κ2) is 53.3. The van der Waals surface area contributed by atoms with Crippen LogP contribution in [0.2, 0.25) is 0 Å². The Bertz CT molecular complexity index is 1520. The van der Waals surface area contributed by atoms with Crippen LogP contribution in [0, 0.1) is 0 Å². The Morgan fingerprint density at radius 2 is 0.818 bits per heavy atom. The van der Waals surface area contributed by atoms with Gasteiger partial charge in [-0.05, 0) is 77.0 Å². The summed E-state index contributed by atoms with van der Waals surface area (Å²) in [6.45, 7) is 5.88. The van der Waals surface area contributed by atoms with Crippen molar-refractivity contribution in [3.05, 3.63) is 48.6 Å². The molecule has 0 aromatic heterocycles.